The summed E-state index contributed by atoms with van der Waals surface area (Å²) in [4.78, 5) is 2.14. The molecule has 0 aliphatic heterocycles. The first-order valence-electron chi connectivity index (χ1n) is 6.50. The summed E-state index contributed by atoms with van der Waals surface area (Å²) in [6.07, 6.45) is 8.06. The van der Waals surface area contributed by atoms with Crippen molar-refractivity contribution >= 4 is 5.69 Å². The summed E-state index contributed by atoms with van der Waals surface area (Å²) >= 11 is 0. The molecule has 0 aliphatic carbocycles. The highest BCUT2D eigenvalue weighted by atomic mass is 15.1. The van der Waals surface area contributed by atoms with E-state index in [1.807, 2.05) is 0 Å². The van der Waals surface area contributed by atoms with Gasteiger partial charge >= 0.3 is 0 Å². The second-order valence-corrected chi connectivity index (χ2v) is 4.73. The number of rotatable bonds is 7. The number of aryl methyl sites for hydroxylation is 1. The fourth-order valence-electron chi connectivity index (χ4n) is 1.89. The van der Waals surface area contributed by atoms with Gasteiger partial charge in [0.15, 0.2) is 0 Å². The molecule has 0 atom stereocenters. The summed E-state index contributed by atoms with van der Waals surface area (Å²) in [5.41, 5.74) is 2.76. The minimum atomic E-state index is 1.23. The number of nitrogens with zero attached hydrogens (tertiary/aromatic N) is 1. The summed E-state index contributed by atoms with van der Waals surface area (Å²) in [6, 6.07) is 8.94. The molecule has 1 heteroatoms. The van der Waals surface area contributed by atoms with Crippen LogP contribution < -0.4 is 4.90 Å². The Balaban J connectivity index is 2.27. The van der Waals surface area contributed by atoms with Gasteiger partial charge in [-0.05, 0) is 30.5 Å². The van der Waals surface area contributed by atoms with Gasteiger partial charge in [0.05, 0.1) is 0 Å². The molecule has 1 aromatic carbocycles. The van der Waals surface area contributed by atoms with Crippen LogP contribution in [0, 0.1) is 0 Å². The van der Waals surface area contributed by atoms with Crippen LogP contribution in [0.5, 0.6) is 0 Å². The van der Waals surface area contributed by atoms with E-state index >= 15 is 0 Å². The summed E-state index contributed by atoms with van der Waals surface area (Å²) in [6.45, 7) is 2.26. The molecular formula is C15H25N. The second-order valence-electron chi connectivity index (χ2n) is 4.73. The highest BCUT2D eigenvalue weighted by Crippen LogP contribution is 2.14. The van der Waals surface area contributed by atoms with Gasteiger partial charge in [-0.3, -0.25) is 0 Å². The molecule has 0 aromatic heterocycles. The zero-order valence-electron chi connectivity index (χ0n) is 11.0. The molecule has 0 fully saturated rings. The quantitative estimate of drug-likeness (QED) is 0.619. The van der Waals surface area contributed by atoms with Crippen LogP contribution in [0.2, 0.25) is 0 Å². The molecule has 0 saturated heterocycles. The van der Waals surface area contributed by atoms with E-state index in [1.165, 1.54) is 49.8 Å². The van der Waals surface area contributed by atoms with Crippen molar-refractivity contribution in [2.75, 3.05) is 19.0 Å². The van der Waals surface area contributed by atoms with Gasteiger partial charge < -0.3 is 4.90 Å². The number of benzene rings is 1. The van der Waals surface area contributed by atoms with Crippen LogP contribution in [0.1, 0.15) is 44.6 Å². The monoisotopic (exact) mass is 219 g/mol. The van der Waals surface area contributed by atoms with Gasteiger partial charge in [-0.25, -0.2) is 0 Å². The topological polar surface area (TPSA) is 3.24 Å². The molecule has 0 heterocycles. The lowest BCUT2D eigenvalue weighted by Gasteiger charge is -2.12. The first-order chi connectivity index (χ1) is 7.74. The van der Waals surface area contributed by atoms with Crippen LogP contribution in [-0.4, -0.2) is 14.1 Å². The predicted octanol–water partition coefficient (Wildman–Crippen LogP) is 4.27. The Morgan fingerprint density at radius 3 is 2.06 bits per heavy atom. The van der Waals surface area contributed by atoms with Crippen molar-refractivity contribution in [1.29, 1.82) is 0 Å². The van der Waals surface area contributed by atoms with Gasteiger partial charge in [0, 0.05) is 19.8 Å². The van der Waals surface area contributed by atoms with E-state index in [0.717, 1.165) is 0 Å². The van der Waals surface area contributed by atoms with Crippen LogP contribution in [-0.2, 0) is 6.42 Å². The van der Waals surface area contributed by atoms with Crippen LogP contribution in [0.3, 0.4) is 0 Å². The molecule has 0 unspecified atom stereocenters. The zero-order valence-corrected chi connectivity index (χ0v) is 11.0. The molecule has 0 N–H and O–H groups in total. The number of hydrogen-bond donors (Lipinski definition) is 0. The molecule has 0 saturated carbocycles. The Morgan fingerprint density at radius 2 is 1.50 bits per heavy atom. The van der Waals surface area contributed by atoms with Crippen molar-refractivity contribution in [2.24, 2.45) is 0 Å². The van der Waals surface area contributed by atoms with Crippen molar-refractivity contribution in [3.63, 3.8) is 0 Å². The molecule has 0 amide bonds. The normalized spacial score (nSPS) is 10.4. The van der Waals surface area contributed by atoms with E-state index in [2.05, 4.69) is 50.2 Å². The largest absolute Gasteiger partial charge is 0.378 e. The lowest BCUT2D eigenvalue weighted by Crippen LogP contribution is -2.08. The van der Waals surface area contributed by atoms with Crippen molar-refractivity contribution in [1.82, 2.24) is 0 Å². The van der Waals surface area contributed by atoms with Gasteiger partial charge in [-0.2, -0.15) is 0 Å². The van der Waals surface area contributed by atoms with Gasteiger partial charge in [-0.15, -0.1) is 0 Å². The number of anilines is 1. The maximum absolute atomic E-state index is 2.26. The van der Waals surface area contributed by atoms with E-state index in [9.17, 15) is 0 Å². The molecule has 16 heavy (non-hydrogen) atoms. The van der Waals surface area contributed by atoms with Crippen LogP contribution >= 0.6 is 0 Å². The summed E-state index contributed by atoms with van der Waals surface area (Å²) < 4.78 is 0. The molecule has 0 radical (unpaired) electrons. The highest BCUT2D eigenvalue weighted by molar-refractivity contribution is 5.45. The molecule has 0 aliphatic rings. The van der Waals surface area contributed by atoms with Gasteiger partial charge in [0.1, 0.15) is 0 Å². The van der Waals surface area contributed by atoms with Crippen molar-refractivity contribution in [3.8, 4) is 0 Å². The average molecular weight is 219 g/mol. The SMILES string of the molecule is CCCCCCCc1ccc(N(C)C)cc1. The van der Waals surface area contributed by atoms with E-state index in [-0.39, 0.29) is 0 Å². The highest BCUT2D eigenvalue weighted by Gasteiger charge is 1.96. The lowest BCUT2D eigenvalue weighted by molar-refractivity contribution is 0.632. The Kier molecular flexibility index (Phi) is 5.99. The maximum Gasteiger partial charge on any atom is 0.0361 e. The van der Waals surface area contributed by atoms with Crippen LogP contribution in [0.25, 0.3) is 0 Å². The van der Waals surface area contributed by atoms with E-state index in [4.69, 9.17) is 0 Å². The minimum absolute atomic E-state index is 1.23. The molecule has 0 spiro atoms. The first-order valence-corrected chi connectivity index (χ1v) is 6.50. The molecule has 0 bridgehead atoms. The number of hydrogen-bond acceptors (Lipinski definition) is 1. The molecule has 1 nitrogen and oxygen atoms in total. The van der Waals surface area contributed by atoms with Gasteiger partial charge in [-0.1, -0.05) is 44.7 Å². The van der Waals surface area contributed by atoms with E-state index < -0.39 is 0 Å². The smallest absolute Gasteiger partial charge is 0.0361 e. The Morgan fingerprint density at radius 1 is 0.875 bits per heavy atom. The predicted molar refractivity (Wildman–Crippen MR) is 73.2 cm³/mol. The Labute approximate surface area is 100 Å². The molecule has 90 valence electrons. The van der Waals surface area contributed by atoms with Crippen LogP contribution in [0.4, 0.5) is 5.69 Å². The minimum Gasteiger partial charge on any atom is -0.378 e. The fraction of sp³-hybridized carbons (Fsp3) is 0.600. The van der Waals surface area contributed by atoms with Crippen LogP contribution in [0.15, 0.2) is 24.3 Å². The third kappa shape index (κ3) is 4.69. The average Bonchev–Trinajstić information content (AvgIpc) is 2.29. The first kappa shape index (κ1) is 13.1. The maximum atomic E-state index is 2.26. The van der Waals surface area contributed by atoms with Crippen molar-refractivity contribution in [2.45, 2.75) is 45.4 Å². The zero-order chi connectivity index (χ0) is 11.8. The third-order valence-corrected chi connectivity index (χ3v) is 3.02. The lowest BCUT2D eigenvalue weighted by atomic mass is 10.1. The van der Waals surface area contributed by atoms with Gasteiger partial charge in [0.25, 0.3) is 0 Å². The number of unbranched alkanes of at least 4 members (excludes halogenated alkanes) is 4. The summed E-state index contributed by atoms with van der Waals surface area (Å²) in [5, 5.41) is 0. The summed E-state index contributed by atoms with van der Waals surface area (Å²) in [5.74, 6) is 0. The molecular weight excluding hydrogens is 194 g/mol. The van der Waals surface area contributed by atoms with E-state index in [0.29, 0.717) is 0 Å². The van der Waals surface area contributed by atoms with Crippen molar-refractivity contribution in [3.05, 3.63) is 29.8 Å². The Bertz CT molecular complexity index is 274. The third-order valence-electron chi connectivity index (χ3n) is 3.02. The standard InChI is InChI=1S/C15H25N/c1-4-5-6-7-8-9-14-10-12-15(13-11-14)16(2)3/h10-13H,4-9H2,1-3H3. The molecule has 1 aromatic rings. The van der Waals surface area contributed by atoms with Crippen molar-refractivity contribution < 1.29 is 0 Å². The molecule has 1 rings (SSSR count). The van der Waals surface area contributed by atoms with E-state index in [1.54, 1.807) is 0 Å². The second kappa shape index (κ2) is 7.32. The fourth-order valence-corrected chi connectivity index (χ4v) is 1.89. The van der Waals surface area contributed by atoms with Gasteiger partial charge in [0.2, 0.25) is 0 Å². The summed E-state index contributed by atoms with van der Waals surface area (Å²) in [7, 11) is 4.17. The Hall–Kier alpha value is -0.980.